The summed E-state index contributed by atoms with van der Waals surface area (Å²) in [4.78, 5) is 30.2. The number of carbonyl (C=O) groups is 2. The molecule has 2 aromatic carbocycles. The van der Waals surface area contributed by atoms with E-state index in [0.717, 1.165) is 35.9 Å². The lowest BCUT2D eigenvalue weighted by Gasteiger charge is -2.33. The highest BCUT2D eigenvalue weighted by molar-refractivity contribution is 5.98. The molecule has 0 radical (unpaired) electrons. The summed E-state index contributed by atoms with van der Waals surface area (Å²) >= 11 is 0. The van der Waals surface area contributed by atoms with Gasteiger partial charge in [0.1, 0.15) is 0 Å². The fraction of sp³-hybridized carbons (Fsp3) is 0.227. The number of carboxylic acids is 1. The first-order chi connectivity index (χ1) is 13.1. The molecule has 0 aliphatic carbocycles. The number of pyridine rings is 1. The number of aromatic carboxylic acids is 1. The monoisotopic (exact) mass is 360 g/mol. The molecule has 0 spiro atoms. The first-order valence-electron chi connectivity index (χ1n) is 9.09. The predicted molar refractivity (Wildman–Crippen MR) is 103 cm³/mol. The fourth-order valence-electron chi connectivity index (χ4n) is 3.72. The van der Waals surface area contributed by atoms with Gasteiger partial charge in [0.25, 0.3) is 5.91 Å². The lowest BCUT2D eigenvalue weighted by Crippen LogP contribution is -2.39. The Balaban J connectivity index is 1.52. The smallest absolute Gasteiger partial charge is 0.335 e. The van der Waals surface area contributed by atoms with Crippen LogP contribution < -0.4 is 0 Å². The largest absolute Gasteiger partial charge is 0.478 e. The summed E-state index contributed by atoms with van der Waals surface area (Å²) in [5.74, 6) is -0.659. The fourth-order valence-corrected chi connectivity index (χ4v) is 3.72. The molecule has 0 unspecified atom stereocenters. The Kier molecular flexibility index (Phi) is 4.59. The maximum Gasteiger partial charge on any atom is 0.335 e. The Bertz CT molecular complexity index is 998. The van der Waals surface area contributed by atoms with Gasteiger partial charge in [-0.05, 0) is 54.8 Å². The molecular weight excluding hydrogens is 340 g/mol. The maximum absolute atomic E-state index is 13.0. The Morgan fingerprint density at radius 3 is 2.59 bits per heavy atom. The van der Waals surface area contributed by atoms with Crippen molar-refractivity contribution in [2.24, 2.45) is 0 Å². The summed E-state index contributed by atoms with van der Waals surface area (Å²) in [6, 6.07) is 16.4. The highest BCUT2D eigenvalue weighted by atomic mass is 16.4. The molecule has 3 aromatic rings. The van der Waals surface area contributed by atoms with E-state index in [1.54, 1.807) is 18.3 Å². The quantitative estimate of drug-likeness (QED) is 0.768. The Hall–Kier alpha value is -3.21. The lowest BCUT2D eigenvalue weighted by molar-refractivity contribution is 0.0693. The SMILES string of the molecule is O=C(O)c1ccc([C@@H]2CCCN(C(=O)c3ccc4ncccc4c3)C2)cc1. The lowest BCUT2D eigenvalue weighted by atomic mass is 9.90. The molecule has 4 rings (SSSR count). The van der Waals surface area contributed by atoms with E-state index in [1.165, 1.54) is 0 Å². The highest BCUT2D eigenvalue weighted by Gasteiger charge is 2.25. The first kappa shape index (κ1) is 17.2. The van der Waals surface area contributed by atoms with Crippen LogP contribution >= 0.6 is 0 Å². The van der Waals surface area contributed by atoms with Crippen molar-refractivity contribution in [1.29, 1.82) is 0 Å². The zero-order valence-corrected chi connectivity index (χ0v) is 14.8. The van der Waals surface area contributed by atoms with E-state index in [4.69, 9.17) is 5.11 Å². The molecule has 0 saturated carbocycles. The Labute approximate surface area is 157 Å². The minimum absolute atomic E-state index is 0.0348. The molecule has 1 fully saturated rings. The van der Waals surface area contributed by atoms with Gasteiger partial charge in [0, 0.05) is 36.2 Å². The van der Waals surface area contributed by atoms with Crippen LogP contribution in [0.3, 0.4) is 0 Å². The van der Waals surface area contributed by atoms with Crippen molar-refractivity contribution in [3.63, 3.8) is 0 Å². The van der Waals surface area contributed by atoms with E-state index < -0.39 is 5.97 Å². The third-order valence-corrected chi connectivity index (χ3v) is 5.19. The van der Waals surface area contributed by atoms with Crippen molar-refractivity contribution in [2.45, 2.75) is 18.8 Å². The average molecular weight is 360 g/mol. The van der Waals surface area contributed by atoms with Crippen LogP contribution in [0.1, 0.15) is 45.0 Å². The van der Waals surface area contributed by atoms with Crippen molar-refractivity contribution in [3.05, 3.63) is 77.5 Å². The molecule has 1 aliphatic heterocycles. The summed E-state index contributed by atoms with van der Waals surface area (Å²) in [5, 5.41) is 10.0. The number of carbonyl (C=O) groups excluding carboxylic acids is 1. The number of rotatable bonds is 3. The van der Waals surface area contributed by atoms with Crippen LogP contribution in [0.5, 0.6) is 0 Å². The molecule has 136 valence electrons. The van der Waals surface area contributed by atoms with Gasteiger partial charge in [-0.1, -0.05) is 18.2 Å². The molecule has 1 aromatic heterocycles. The zero-order valence-electron chi connectivity index (χ0n) is 14.8. The van der Waals surface area contributed by atoms with Gasteiger partial charge in [-0.2, -0.15) is 0 Å². The standard InChI is InChI=1S/C22H20N2O3/c25-21(18-9-10-20-17(13-18)3-1-11-23-20)24-12-2-4-19(14-24)15-5-7-16(8-6-15)22(26)27/h1,3,5-11,13,19H,2,4,12,14H2,(H,26,27)/t19-/m1/s1. The molecule has 1 saturated heterocycles. The summed E-state index contributed by atoms with van der Waals surface area (Å²) in [6.07, 6.45) is 3.68. The summed E-state index contributed by atoms with van der Waals surface area (Å²) in [6.45, 7) is 1.39. The minimum atomic E-state index is -0.923. The highest BCUT2D eigenvalue weighted by Crippen LogP contribution is 2.28. The van der Waals surface area contributed by atoms with Crippen molar-refractivity contribution >= 4 is 22.8 Å². The number of amides is 1. The van der Waals surface area contributed by atoms with Gasteiger partial charge in [0.15, 0.2) is 0 Å². The van der Waals surface area contributed by atoms with E-state index in [9.17, 15) is 9.59 Å². The Morgan fingerprint density at radius 2 is 1.81 bits per heavy atom. The average Bonchev–Trinajstić information content (AvgIpc) is 2.73. The molecule has 1 atom stereocenters. The predicted octanol–water partition coefficient (Wildman–Crippen LogP) is 3.95. The van der Waals surface area contributed by atoms with Crippen molar-refractivity contribution in [2.75, 3.05) is 13.1 Å². The first-order valence-corrected chi connectivity index (χ1v) is 9.09. The van der Waals surface area contributed by atoms with E-state index in [-0.39, 0.29) is 17.4 Å². The van der Waals surface area contributed by atoms with Gasteiger partial charge in [0.05, 0.1) is 11.1 Å². The number of carboxylic acid groups (broad SMARTS) is 1. The van der Waals surface area contributed by atoms with Gasteiger partial charge >= 0.3 is 5.97 Å². The van der Waals surface area contributed by atoms with Crippen molar-refractivity contribution in [1.82, 2.24) is 9.88 Å². The number of likely N-dealkylation sites (tertiary alicyclic amines) is 1. The second-order valence-corrected chi connectivity index (χ2v) is 6.93. The van der Waals surface area contributed by atoms with E-state index in [1.807, 2.05) is 47.4 Å². The topological polar surface area (TPSA) is 70.5 Å². The van der Waals surface area contributed by atoms with Crippen LogP contribution in [0.4, 0.5) is 0 Å². The minimum Gasteiger partial charge on any atom is -0.478 e. The third kappa shape index (κ3) is 3.53. The molecule has 5 nitrogen and oxygen atoms in total. The number of hydrogen-bond donors (Lipinski definition) is 1. The normalized spacial score (nSPS) is 17.0. The van der Waals surface area contributed by atoms with Gasteiger partial charge in [-0.3, -0.25) is 9.78 Å². The molecule has 1 amide bonds. The van der Waals surface area contributed by atoms with E-state index >= 15 is 0 Å². The molecule has 1 aliphatic rings. The van der Waals surface area contributed by atoms with Crippen molar-refractivity contribution < 1.29 is 14.7 Å². The number of hydrogen-bond acceptors (Lipinski definition) is 3. The third-order valence-electron chi connectivity index (χ3n) is 5.19. The van der Waals surface area contributed by atoms with Gasteiger partial charge in [-0.25, -0.2) is 4.79 Å². The van der Waals surface area contributed by atoms with E-state index in [0.29, 0.717) is 12.1 Å². The molecule has 0 bridgehead atoms. The number of benzene rings is 2. The second-order valence-electron chi connectivity index (χ2n) is 6.93. The van der Waals surface area contributed by atoms with Crippen molar-refractivity contribution in [3.8, 4) is 0 Å². The summed E-state index contributed by atoms with van der Waals surface area (Å²) in [5.41, 5.74) is 2.92. The molecular formula is C22H20N2O3. The number of nitrogens with zero attached hydrogens (tertiary/aromatic N) is 2. The number of fused-ring (bicyclic) bond motifs is 1. The molecule has 2 heterocycles. The van der Waals surface area contributed by atoms with Crippen LogP contribution in [0.25, 0.3) is 10.9 Å². The summed E-state index contributed by atoms with van der Waals surface area (Å²) < 4.78 is 0. The molecule has 5 heteroatoms. The van der Waals surface area contributed by atoms with Crippen LogP contribution in [0.15, 0.2) is 60.8 Å². The summed E-state index contributed by atoms with van der Waals surface area (Å²) in [7, 11) is 0. The maximum atomic E-state index is 13.0. The Morgan fingerprint density at radius 1 is 1.04 bits per heavy atom. The number of piperidine rings is 1. The second kappa shape index (κ2) is 7.19. The van der Waals surface area contributed by atoms with Gasteiger partial charge in [0.2, 0.25) is 0 Å². The van der Waals surface area contributed by atoms with Crippen LogP contribution in [-0.4, -0.2) is 40.0 Å². The van der Waals surface area contributed by atoms with Crippen LogP contribution in [-0.2, 0) is 0 Å². The molecule has 1 N–H and O–H groups in total. The molecule has 27 heavy (non-hydrogen) atoms. The van der Waals surface area contributed by atoms with E-state index in [2.05, 4.69) is 4.98 Å². The van der Waals surface area contributed by atoms with Gasteiger partial charge < -0.3 is 10.0 Å². The van der Waals surface area contributed by atoms with Gasteiger partial charge in [-0.15, -0.1) is 0 Å². The van der Waals surface area contributed by atoms with Crippen LogP contribution in [0.2, 0.25) is 0 Å². The van der Waals surface area contributed by atoms with Crippen LogP contribution in [0, 0.1) is 0 Å². The zero-order chi connectivity index (χ0) is 18.8. The number of aromatic nitrogens is 1.